The summed E-state index contributed by atoms with van der Waals surface area (Å²) in [4.78, 5) is 17.1. The quantitative estimate of drug-likeness (QED) is 0.802. The van der Waals surface area contributed by atoms with Crippen LogP contribution in [0.1, 0.15) is 12.5 Å². The molecule has 1 unspecified atom stereocenters. The van der Waals surface area contributed by atoms with E-state index in [4.69, 9.17) is 10.00 Å². The lowest BCUT2D eigenvalue weighted by Crippen LogP contribution is -2.53. The van der Waals surface area contributed by atoms with Gasteiger partial charge in [0, 0.05) is 38.4 Å². The summed E-state index contributed by atoms with van der Waals surface area (Å²) < 4.78 is 5.76. The summed E-state index contributed by atoms with van der Waals surface area (Å²) in [7, 11) is 0. The number of amides is 1. The average Bonchev–Trinajstić information content (AvgIpc) is 2.74. The lowest BCUT2D eigenvalue weighted by atomic mass is 10.2. The molecule has 6 heteroatoms. The lowest BCUT2D eigenvalue weighted by molar-refractivity contribution is -0.121. The number of carbonyl (C=O) groups excluding carboxylic acids is 1. The molecule has 146 valence electrons. The average molecular weight is 378 g/mol. The molecule has 0 bridgehead atoms. The highest BCUT2D eigenvalue weighted by Crippen LogP contribution is 2.13. The number of benzene rings is 2. The SMILES string of the molecule is CC(C(=O)Nc1cccc(C#N)c1)N1CCN(CCOc2ccccc2)CC1. The van der Waals surface area contributed by atoms with Crippen LogP contribution >= 0.6 is 0 Å². The molecular formula is C22H26N4O2. The molecule has 3 rings (SSSR count). The highest BCUT2D eigenvalue weighted by Gasteiger charge is 2.25. The van der Waals surface area contributed by atoms with Gasteiger partial charge in [-0.1, -0.05) is 24.3 Å². The number of hydrogen-bond acceptors (Lipinski definition) is 5. The first-order chi connectivity index (χ1) is 13.7. The standard InChI is InChI=1S/C22H26N4O2/c1-18(22(27)24-20-7-5-6-19(16-20)17-23)26-12-10-25(11-13-26)14-15-28-21-8-3-2-4-9-21/h2-9,16,18H,10-15H2,1H3,(H,24,27). The summed E-state index contributed by atoms with van der Waals surface area (Å²) in [6, 6.07) is 18.7. The molecule has 28 heavy (non-hydrogen) atoms. The first-order valence-electron chi connectivity index (χ1n) is 9.61. The van der Waals surface area contributed by atoms with E-state index in [1.807, 2.05) is 37.3 Å². The van der Waals surface area contributed by atoms with Crippen molar-refractivity contribution >= 4 is 11.6 Å². The summed E-state index contributed by atoms with van der Waals surface area (Å²) in [5.41, 5.74) is 1.20. The fourth-order valence-corrected chi connectivity index (χ4v) is 3.26. The molecule has 0 radical (unpaired) electrons. The molecule has 1 fully saturated rings. The summed E-state index contributed by atoms with van der Waals surface area (Å²) in [5.74, 6) is 0.850. The zero-order chi connectivity index (χ0) is 19.8. The van der Waals surface area contributed by atoms with Crippen molar-refractivity contribution in [1.29, 1.82) is 5.26 Å². The van der Waals surface area contributed by atoms with Gasteiger partial charge in [-0.15, -0.1) is 0 Å². The minimum atomic E-state index is -0.214. The fourth-order valence-electron chi connectivity index (χ4n) is 3.26. The largest absolute Gasteiger partial charge is 0.492 e. The van der Waals surface area contributed by atoms with Crippen LogP contribution < -0.4 is 10.1 Å². The van der Waals surface area contributed by atoms with Crippen molar-refractivity contribution in [2.24, 2.45) is 0 Å². The van der Waals surface area contributed by atoms with E-state index in [0.717, 1.165) is 38.5 Å². The third-order valence-corrected chi connectivity index (χ3v) is 5.01. The maximum Gasteiger partial charge on any atom is 0.241 e. The molecule has 2 aromatic rings. The van der Waals surface area contributed by atoms with Gasteiger partial charge >= 0.3 is 0 Å². The predicted molar refractivity (Wildman–Crippen MR) is 109 cm³/mol. The van der Waals surface area contributed by atoms with Crippen LogP contribution in [0.2, 0.25) is 0 Å². The van der Waals surface area contributed by atoms with Gasteiger partial charge in [0.1, 0.15) is 12.4 Å². The molecule has 0 saturated carbocycles. The van der Waals surface area contributed by atoms with Gasteiger partial charge in [0.25, 0.3) is 0 Å². The Morgan fingerprint density at radius 3 is 2.61 bits per heavy atom. The Bertz CT molecular complexity index is 811. The van der Waals surface area contributed by atoms with Crippen LogP contribution in [-0.2, 0) is 4.79 Å². The Hall–Kier alpha value is -2.88. The number of piperazine rings is 1. The summed E-state index contributed by atoms with van der Waals surface area (Å²) in [5, 5.41) is 11.9. The molecular weight excluding hydrogens is 352 g/mol. The molecule has 1 atom stereocenters. The minimum absolute atomic E-state index is 0.0454. The van der Waals surface area contributed by atoms with Crippen LogP contribution in [0, 0.1) is 11.3 Å². The number of nitrogens with zero attached hydrogens (tertiary/aromatic N) is 3. The van der Waals surface area contributed by atoms with E-state index >= 15 is 0 Å². The zero-order valence-corrected chi connectivity index (χ0v) is 16.2. The second-order valence-electron chi connectivity index (χ2n) is 6.90. The molecule has 1 aliphatic heterocycles. The molecule has 0 aromatic heterocycles. The molecule has 0 aliphatic carbocycles. The second kappa shape index (κ2) is 9.88. The van der Waals surface area contributed by atoms with Crippen LogP contribution in [0.25, 0.3) is 0 Å². The molecule has 1 aliphatic rings. The number of nitriles is 1. The van der Waals surface area contributed by atoms with Crippen molar-refractivity contribution in [3.05, 3.63) is 60.2 Å². The second-order valence-corrected chi connectivity index (χ2v) is 6.90. The first kappa shape index (κ1) is 19.9. The van der Waals surface area contributed by atoms with Gasteiger partial charge in [0.05, 0.1) is 17.7 Å². The van der Waals surface area contributed by atoms with Crippen LogP contribution in [0.5, 0.6) is 5.75 Å². The summed E-state index contributed by atoms with van der Waals surface area (Å²) >= 11 is 0. The third-order valence-electron chi connectivity index (χ3n) is 5.01. The number of rotatable bonds is 7. The molecule has 1 amide bonds. The van der Waals surface area contributed by atoms with Crippen LogP contribution in [-0.4, -0.2) is 61.1 Å². The molecule has 2 aromatic carbocycles. The van der Waals surface area contributed by atoms with Gasteiger partial charge in [-0.2, -0.15) is 5.26 Å². The van der Waals surface area contributed by atoms with Crippen LogP contribution in [0.4, 0.5) is 5.69 Å². The monoisotopic (exact) mass is 378 g/mol. The maximum absolute atomic E-state index is 12.6. The van der Waals surface area contributed by atoms with Gasteiger partial charge in [0.2, 0.25) is 5.91 Å². The van der Waals surface area contributed by atoms with Gasteiger partial charge in [-0.05, 0) is 37.3 Å². The fraction of sp³-hybridized carbons (Fsp3) is 0.364. The van der Waals surface area contributed by atoms with Crippen LogP contribution in [0.15, 0.2) is 54.6 Å². The van der Waals surface area contributed by atoms with Gasteiger partial charge in [-0.3, -0.25) is 14.6 Å². The lowest BCUT2D eigenvalue weighted by Gasteiger charge is -2.37. The van der Waals surface area contributed by atoms with Crippen molar-refractivity contribution in [1.82, 2.24) is 9.80 Å². The van der Waals surface area contributed by atoms with Crippen molar-refractivity contribution < 1.29 is 9.53 Å². The van der Waals surface area contributed by atoms with Crippen LogP contribution in [0.3, 0.4) is 0 Å². The molecule has 0 spiro atoms. The predicted octanol–water partition coefficient (Wildman–Crippen LogP) is 2.58. The zero-order valence-electron chi connectivity index (χ0n) is 16.2. The van der Waals surface area contributed by atoms with E-state index < -0.39 is 0 Å². The highest BCUT2D eigenvalue weighted by atomic mass is 16.5. The Labute approximate surface area is 166 Å². The smallest absolute Gasteiger partial charge is 0.241 e. The number of carbonyl (C=O) groups is 1. The molecule has 6 nitrogen and oxygen atoms in total. The van der Waals surface area contributed by atoms with E-state index in [-0.39, 0.29) is 11.9 Å². The Balaban J connectivity index is 1.41. The Morgan fingerprint density at radius 1 is 1.14 bits per heavy atom. The number of ether oxygens (including phenoxy) is 1. The van der Waals surface area contributed by atoms with E-state index in [1.54, 1.807) is 24.3 Å². The topological polar surface area (TPSA) is 68.6 Å². The minimum Gasteiger partial charge on any atom is -0.492 e. The molecule has 1 heterocycles. The van der Waals surface area contributed by atoms with Crippen molar-refractivity contribution in [3.63, 3.8) is 0 Å². The van der Waals surface area contributed by atoms with Crippen molar-refractivity contribution in [3.8, 4) is 11.8 Å². The Morgan fingerprint density at radius 2 is 1.89 bits per heavy atom. The Kier molecular flexibility index (Phi) is 7.01. The number of anilines is 1. The summed E-state index contributed by atoms with van der Waals surface area (Å²) in [6.45, 7) is 6.99. The number of nitrogens with one attached hydrogen (secondary N) is 1. The van der Waals surface area contributed by atoms with Gasteiger partial charge < -0.3 is 10.1 Å². The van der Waals surface area contributed by atoms with Gasteiger partial charge in [-0.25, -0.2) is 0 Å². The van der Waals surface area contributed by atoms with Gasteiger partial charge in [0.15, 0.2) is 0 Å². The highest BCUT2D eigenvalue weighted by molar-refractivity contribution is 5.94. The normalized spacial score (nSPS) is 16.1. The van der Waals surface area contributed by atoms with Crippen molar-refractivity contribution in [2.45, 2.75) is 13.0 Å². The summed E-state index contributed by atoms with van der Waals surface area (Å²) in [6.07, 6.45) is 0. The van der Waals surface area contributed by atoms with E-state index in [1.165, 1.54) is 0 Å². The van der Waals surface area contributed by atoms with Crippen molar-refractivity contribution in [2.75, 3.05) is 44.6 Å². The first-order valence-corrected chi connectivity index (χ1v) is 9.61. The van der Waals surface area contributed by atoms with E-state index in [0.29, 0.717) is 17.9 Å². The number of hydrogen-bond donors (Lipinski definition) is 1. The molecule has 1 N–H and O–H groups in total. The van der Waals surface area contributed by atoms with E-state index in [9.17, 15) is 4.79 Å². The third kappa shape index (κ3) is 5.56. The van der Waals surface area contributed by atoms with E-state index in [2.05, 4.69) is 21.2 Å². The molecule has 1 saturated heterocycles. The number of para-hydroxylation sites is 1. The maximum atomic E-state index is 12.6.